The van der Waals surface area contributed by atoms with Crippen LogP contribution in [0.15, 0.2) is 58.1 Å². The fourth-order valence-electron chi connectivity index (χ4n) is 2.71. The molecule has 1 amide bonds. The van der Waals surface area contributed by atoms with E-state index < -0.39 is 5.91 Å². The summed E-state index contributed by atoms with van der Waals surface area (Å²) in [5.41, 5.74) is 1.85. The highest BCUT2D eigenvalue weighted by Gasteiger charge is 2.25. The summed E-state index contributed by atoms with van der Waals surface area (Å²) < 4.78 is 8.05. The fraction of sp³-hybridized carbons (Fsp3) is 0.0952. The predicted molar refractivity (Wildman–Crippen MR) is 134 cm³/mol. The highest BCUT2D eigenvalue weighted by molar-refractivity contribution is 9.10. The lowest BCUT2D eigenvalue weighted by Crippen LogP contribution is -2.25. The standard InChI is InChI=1S/C21H14BrCl2N3O2S2/c1-2-29-14-6-3-12(4-7-14)11-25-27(20(28)15-10-18(23)31-19(15)24)21-26-16-8-5-13(22)9-17(16)30-21/h3-11H,2H2,1H3/b25-11+. The normalized spacial score (nSPS) is 11.4. The fourth-order valence-corrected chi connectivity index (χ4v) is 5.63. The number of carbonyl (C=O) groups is 1. The number of hydrogen-bond acceptors (Lipinski definition) is 6. The monoisotopic (exact) mass is 553 g/mol. The number of hydrogen-bond donors (Lipinski definition) is 0. The number of benzene rings is 2. The maximum atomic E-state index is 13.3. The molecule has 0 aliphatic heterocycles. The van der Waals surface area contributed by atoms with Crippen molar-refractivity contribution in [1.29, 1.82) is 0 Å². The van der Waals surface area contributed by atoms with E-state index in [1.54, 1.807) is 12.3 Å². The van der Waals surface area contributed by atoms with Crippen molar-refractivity contribution >= 4 is 89.3 Å². The highest BCUT2D eigenvalue weighted by atomic mass is 79.9. The van der Waals surface area contributed by atoms with E-state index in [2.05, 4.69) is 26.0 Å². The molecule has 0 saturated heterocycles. The molecular formula is C21H14BrCl2N3O2S2. The summed E-state index contributed by atoms with van der Waals surface area (Å²) in [6.07, 6.45) is 1.59. The summed E-state index contributed by atoms with van der Waals surface area (Å²) in [5.74, 6) is 0.359. The first-order valence-corrected chi connectivity index (χ1v) is 12.2. The first kappa shape index (κ1) is 22.2. The number of carbonyl (C=O) groups excluding carboxylic acids is 1. The zero-order valence-corrected chi connectivity index (χ0v) is 20.7. The Morgan fingerprint density at radius 1 is 1.19 bits per heavy atom. The van der Waals surface area contributed by atoms with Gasteiger partial charge >= 0.3 is 0 Å². The summed E-state index contributed by atoms with van der Waals surface area (Å²) in [5, 5.41) is 6.12. The van der Waals surface area contributed by atoms with Crippen molar-refractivity contribution in [2.75, 3.05) is 11.6 Å². The maximum absolute atomic E-state index is 13.3. The van der Waals surface area contributed by atoms with Crippen molar-refractivity contribution < 1.29 is 9.53 Å². The van der Waals surface area contributed by atoms with Crippen LogP contribution in [0, 0.1) is 0 Å². The van der Waals surface area contributed by atoms with Gasteiger partial charge in [-0.3, -0.25) is 4.79 Å². The van der Waals surface area contributed by atoms with E-state index in [9.17, 15) is 4.79 Å². The summed E-state index contributed by atoms with van der Waals surface area (Å²) in [4.78, 5) is 17.9. The smallest absolute Gasteiger partial charge is 0.283 e. The average Bonchev–Trinajstić information content (AvgIpc) is 3.31. The van der Waals surface area contributed by atoms with Crippen molar-refractivity contribution in [3.05, 3.63) is 72.8 Å². The number of thiophene rings is 1. The minimum Gasteiger partial charge on any atom is -0.494 e. The number of halogens is 3. The highest BCUT2D eigenvalue weighted by Crippen LogP contribution is 2.35. The number of rotatable bonds is 6. The molecule has 0 aliphatic carbocycles. The number of anilines is 1. The van der Waals surface area contributed by atoms with E-state index in [0.717, 1.165) is 37.3 Å². The Hall–Kier alpha value is -1.97. The van der Waals surface area contributed by atoms with Crippen LogP contribution < -0.4 is 9.75 Å². The van der Waals surface area contributed by atoms with Crippen LogP contribution in [0.25, 0.3) is 10.2 Å². The van der Waals surface area contributed by atoms with Crippen LogP contribution in [0.5, 0.6) is 5.75 Å². The Bertz CT molecular complexity index is 1270. The van der Waals surface area contributed by atoms with Gasteiger partial charge in [-0.15, -0.1) is 11.3 Å². The van der Waals surface area contributed by atoms with Gasteiger partial charge in [0.15, 0.2) is 0 Å². The maximum Gasteiger partial charge on any atom is 0.283 e. The van der Waals surface area contributed by atoms with E-state index in [1.807, 2.05) is 49.4 Å². The van der Waals surface area contributed by atoms with E-state index in [-0.39, 0.29) is 5.56 Å². The molecule has 2 aromatic carbocycles. The molecule has 158 valence electrons. The van der Waals surface area contributed by atoms with Crippen molar-refractivity contribution in [3.63, 3.8) is 0 Å². The number of amides is 1. The largest absolute Gasteiger partial charge is 0.494 e. The predicted octanol–water partition coefficient (Wildman–Crippen LogP) is 7.51. The van der Waals surface area contributed by atoms with Crippen LogP contribution in [0.2, 0.25) is 8.67 Å². The summed E-state index contributed by atoms with van der Waals surface area (Å²) >= 11 is 18.2. The van der Waals surface area contributed by atoms with Crippen molar-refractivity contribution in [1.82, 2.24) is 4.98 Å². The molecule has 5 nitrogen and oxygen atoms in total. The third-order valence-electron chi connectivity index (χ3n) is 4.11. The molecule has 31 heavy (non-hydrogen) atoms. The third kappa shape index (κ3) is 5.10. The van der Waals surface area contributed by atoms with Gasteiger partial charge in [0.25, 0.3) is 5.91 Å². The SMILES string of the molecule is CCOc1ccc(/C=N/N(C(=O)c2cc(Cl)sc2Cl)c2nc3ccc(Br)cc3s2)cc1. The molecule has 0 aliphatic rings. The number of ether oxygens (including phenoxy) is 1. The van der Waals surface area contributed by atoms with Gasteiger partial charge in [0.1, 0.15) is 10.1 Å². The van der Waals surface area contributed by atoms with Gasteiger partial charge in [-0.1, -0.05) is 50.5 Å². The van der Waals surface area contributed by atoms with Gasteiger partial charge in [0.05, 0.1) is 32.9 Å². The second-order valence-electron chi connectivity index (χ2n) is 6.21. The molecule has 0 saturated carbocycles. The minimum atomic E-state index is -0.409. The van der Waals surface area contributed by atoms with Gasteiger partial charge in [-0.05, 0) is 61.0 Å². The lowest BCUT2D eigenvalue weighted by Gasteiger charge is -2.13. The molecule has 0 radical (unpaired) electrons. The Morgan fingerprint density at radius 2 is 1.97 bits per heavy atom. The molecule has 0 spiro atoms. The van der Waals surface area contributed by atoms with Crippen molar-refractivity contribution in [2.24, 2.45) is 5.10 Å². The minimum absolute atomic E-state index is 0.279. The number of fused-ring (bicyclic) bond motifs is 1. The van der Waals surface area contributed by atoms with E-state index in [4.69, 9.17) is 27.9 Å². The quantitative estimate of drug-likeness (QED) is 0.183. The van der Waals surface area contributed by atoms with Crippen LogP contribution >= 0.6 is 61.8 Å². The molecule has 0 atom stereocenters. The molecule has 0 bridgehead atoms. The van der Waals surface area contributed by atoms with Gasteiger partial charge in [-0.2, -0.15) is 10.1 Å². The van der Waals surface area contributed by atoms with Gasteiger partial charge in [-0.25, -0.2) is 4.98 Å². The molecule has 2 heterocycles. The van der Waals surface area contributed by atoms with E-state index in [0.29, 0.717) is 20.4 Å². The third-order valence-corrected chi connectivity index (χ3v) is 7.09. The number of aromatic nitrogens is 1. The second kappa shape index (κ2) is 9.67. The van der Waals surface area contributed by atoms with E-state index in [1.165, 1.54) is 16.3 Å². The summed E-state index contributed by atoms with van der Waals surface area (Å²) in [7, 11) is 0. The van der Waals surface area contributed by atoms with Gasteiger partial charge in [0, 0.05) is 4.47 Å². The Morgan fingerprint density at radius 3 is 2.65 bits per heavy atom. The lowest BCUT2D eigenvalue weighted by atomic mass is 10.2. The first-order valence-electron chi connectivity index (χ1n) is 9.07. The Kier molecular flexibility index (Phi) is 6.93. The topological polar surface area (TPSA) is 54.8 Å². The summed E-state index contributed by atoms with van der Waals surface area (Å²) in [6.45, 7) is 2.52. The summed E-state index contributed by atoms with van der Waals surface area (Å²) in [6, 6.07) is 14.7. The van der Waals surface area contributed by atoms with Crippen LogP contribution in [-0.2, 0) is 0 Å². The Labute approximate surface area is 205 Å². The van der Waals surface area contributed by atoms with Crippen LogP contribution in [-0.4, -0.2) is 23.7 Å². The lowest BCUT2D eigenvalue weighted by molar-refractivity contribution is 0.0988. The van der Waals surface area contributed by atoms with Crippen LogP contribution in [0.4, 0.5) is 5.13 Å². The molecule has 4 aromatic rings. The average molecular weight is 555 g/mol. The number of nitrogens with zero attached hydrogens (tertiary/aromatic N) is 3. The first-order chi connectivity index (χ1) is 14.9. The molecule has 4 rings (SSSR count). The van der Waals surface area contributed by atoms with Crippen molar-refractivity contribution in [3.8, 4) is 5.75 Å². The van der Waals surface area contributed by atoms with Gasteiger partial charge in [0.2, 0.25) is 5.13 Å². The van der Waals surface area contributed by atoms with Crippen LogP contribution in [0.1, 0.15) is 22.8 Å². The number of thiazole rings is 1. The molecule has 0 unspecified atom stereocenters. The van der Waals surface area contributed by atoms with Crippen molar-refractivity contribution in [2.45, 2.75) is 6.92 Å². The van der Waals surface area contributed by atoms with Crippen LogP contribution in [0.3, 0.4) is 0 Å². The second-order valence-corrected chi connectivity index (χ2v) is 10.4. The zero-order valence-electron chi connectivity index (χ0n) is 16.0. The molecule has 2 aromatic heterocycles. The molecule has 10 heteroatoms. The molecule has 0 N–H and O–H groups in total. The molecule has 0 fully saturated rings. The zero-order chi connectivity index (χ0) is 22.0. The van der Waals surface area contributed by atoms with Gasteiger partial charge < -0.3 is 4.74 Å². The number of hydrazone groups is 1. The van der Waals surface area contributed by atoms with E-state index >= 15 is 0 Å². The molecular weight excluding hydrogens is 541 g/mol. The Balaban J connectivity index is 1.72.